The molecule has 36 heavy (non-hydrogen) atoms. The van der Waals surface area contributed by atoms with Crippen molar-refractivity contribution in [1.29, 1.82) is 0 Å². The number of carbonyl (C=O) groups excluding carboxylic acids is 1. The van der Waals surface area contributed by atoms with Crippen LogP contribution in [0.25, 0.3) is 27.9 Å². The first kappa shape index (κ1) is 21.9. The Labute approximate surface area is 207 Å². The second-order valence-electron chi connectivity index (χ2n) is 8.92. The van der Waals surface area contributed by atoms with Crippen LogP contribution in [0.15, 0.2) is 72.8 Å². The molecule has 6 rings (SSSR count). The Morgan fingerprint density at radius 1 is 1.00 bits per heavy atom. The number of nitrogens with zero attached hydrogens (tertiary/aromatic N) is 3. The van der Waals surface area contributed by atoms with E-state index in [9.17, 15) is 4.79 Å². The van der Waals surface area contributed by atoms with E-state index in [2.05, 4.69) is 17.4 Å². The molecule has 1 aliphatic rings. The van der Waals surface area contributed by atoms with Gasteiger partial charge in [-0.2, -0.15) is 0 Å². The Balaban J connectivity index is 1.40. The minimum absolute atomic E-state index is 0.0607. The fourth-order valence-electron chi connectivity index (χ4n) is 4.57. The standard InChI is InChI=1S/C28H25N5O3/c1-17(11-12-18-7-3-2-4-8-18)30-28(34)24-25-27(32-21-10-6-5-9-20(21)31-25)33(26(24)29)19-13-14-22-23(15-19)36-16-35-22/h2-10,13-15,17H,11-12,16,29H2,1H3,(H,30,34)/t17-/m1/s1. The van der Waals surface area contributed by atoms with E-state index in [0.29, 0.717) is 44.9 Å². The van der Waals surface area contributed by atoms with Crippen LogP contribution in [0.2, 0.25) is 0 Å². The summed E-state index contributed by atoms with van der Waals surface area (Å²) in [6.07, 6.45) is 1.66. The number of fused-ring (bicyclic) bond motifs is 3. The lowest BCUT2D eigenvalue weighted by Crippen LogP contribution is -2.33. The number of anilines is 1. The van der Waals surface area contributed by atoms with Crippen LogP contribution in [0.4, 0.5) is 5.82 Å². The average molecular weight is 480 g/mol. The Morgan fingerprint density at radius 3 is 2.53 bits per heavy atom. The molecule has 8 nitrogen and oxygen atoms in total. The first-order valence-corrected chi connectivity index (χ1v) is 11.9. The summed E-state index contributed by atoms with van der Waals surface area (Å²) in [7, 11) is 0. The predicted molar refractivity (Wildman–Crippen MR) is 139 cm³/mol. The van der Waals surface area contributed by atoms with Crippen molar-refractivity contribution in [3.63, 3.8) is 0 Å². The number of ether oxygens (including phenoxy) is 2. The van der Waals surface area contributed by atoms with Crippen molar-refractivity contribution < 1.29 is 14.3 Å². The quantitative estimate of drug-likeness (QED) is 0.368. The fourth-order valence-corrected chi connectivity index (χ4v) is 4.57. The lowest BCUT2D eigenvalue weighted by atomic mass is 10.1. The molecule has 0 fully saturated rings. The normalized spacial score (nSPS) is 13.2. The smallest absolute Gasteiger partial charge is 0.257 e. The van der Waals surface area contributed by atoms with Gasteiger partial charge in [0.2, 0.25) is 6.79 Å². The second kappa shape index (κ2) is 8.88. The third kappa shape index (κ3) is 3.86. The van der Waals surface area contributed by atoms with Gasteiger partial charge in [0.15, 0.2) is 17.1 Å². The monoisotopic (exact) mass is 479 g/mol. The van der Waals surface area contributed by atoms with Crippen LogP contribution < -0.4 is 20.5 Å². The number of hydrogen-bond donors (Lipinski definition) is 2. The number of nitrogen functional groups attached to an aromatic ring is 1. The van der Waals surface area contributed by atoms with Crippen LogP contribution in [0.1, 0.15) is 29.3 Å². The van der Waals surface area contributed by atoms with Gasteiger partial charge in [0.25, 0.3) is 5.91 Å². The van der Waals surface area contributed by atoms with Crippen molar-refractivity contribution in [3.8, 4) is 17.2 Å². The molecule has 2 aromatic heterocycles. The van der Waals surface area contributed by atoms with Crippen LogP contribution in [-0.4, -0.2) is 33.3 Å². The van der Waals surface area contributed by atoms with Crippen LogP contribution >= 0.6 is 0 Å². The van der Waals surface area contributed by atoms with Crippen molar-refractivity contribution in [1.82, 2.24) is 19.9 Å². The van der Waals surface area contributed by atoms with Crippen molar-refractivity contribution in [2.45, 2.75) is 25.8 Å². The van der Waals surface area contributed by atoms with E-state index in [1.54, 1.807) is 4.57 Å². The highest BCUT2D eigenvalue weighted by Crippen LogP contribution is 2.37. The molecular weight excluding hydrogens is 454 g/mol. The molecule has 3 N–H and O–H groups in total. The molecular formula is C28H25N5O3. The van der Waals surface area contributed by atoms with Gasteiger partial charge in [-0.15, -0.1) is 0 Å². The SMILES string of the molecule is C[C@H](CCc1ccccc1)NC(=O)c1c(N)n(-c2ccc3c(c2)OCO3)c2nc3ccccc3nc12. The van der Waals surface area contributed by atoms with Crippen LogP contribution in [-0.2, 0) is 6.42 Å². The molecule has 0 bridgehead atoms. The van der Waals surface area contributed by atoms with Gasteiger partial charge in [0.05, 0.1) is 16.7 Å². The number of aryl methyl sites for hydroxylation is 1. The third-order valence-electron chi connectivity index (χ3n) is 6.43. The molecule has 1 aliphatic heterocycles. The molecule has 1 amide bonds. The maximum atomic E-state index is 13.6. The molecule has 8 heteroatoms. The number of amides is 1. The molecule has 5 aromatic rings. The first-order chi connectivity index (χ1) is 17.6. The molecule has 180 valence electrons. The summed E-state index contributed by atoms with van der Waals surface area (Å²) in [4.78, 5) is 23.2. The number of nitrogens with one attached hydrogen (secondary N) is 1. The summed E-state index contributed by atoms with van der Waals surface area (Å²) in [6, 6.07) is 23.2. The molecule has 0 saturated carbocycles. The Morgan fingerprint density at radius 2 is 1.72 bits per heavy atom. The average Bonchev–Trinajstić information content (AvgIpc) is 3.47. The molecule has 0 spiro atoms. The van der Waals surface area contributed by atoms with Crippen molar-refractivity contribution in [3.05, 3.63) is 83.9 Å². The second-order valence-corrected chi connectivity index (χ2v) is 8.92. The summed E-state index contributed by atoms with van der Waals surface area (Å²) in [5.41, 5.74) is 11.3. The first-order valence-electron chi connectivity index (χ1n) is 11.9. The zero-order chi connectivity index (χ0) is 24.6. The van der Waals surface area contributed by atoms with Gasteiger partial charge < -0.3 is 20.5 Å². The van der Waals surface area contributed by atoms with Gasteiger partial charge in [-0.05, 0) is 49.6 Å². The molecule has 0 unspecified atom stereocenters. The minimum atomic E-state index is -0.276. The van der Waals surface area contributed by atoms with Crippen molar-refractivity contribution in [2.24, 2.45) is 0 Å². The van der Waals surface area contributed by atoms with E-state index in [0.717, 1.165) is 12.8 Å². The summed E-state index contributed by atoms with van der Waals surface area (Å²) >= 11 is 0. The lowest BCUT2D eigenvalue weighted by Gasteiger charge is -2.14. The summed E-state index contributed by atoms with van der Waals surface area (Å²) < 4.78 is 12.8. The molecule has 0 aliphatic carbocycles. The van der Waals surface area contributed by atoms with E-state index in [1.165, 1.54) is 5.56 Å². The van der Waals surface area contributed by atoms with E-state index in [-0.39, 0.29) is 24.6 Å². The Hall–Kier alpha value is -4.59. The van der Waals surface area contributed by atoms with Gasteiger partial charge in [-0.25, -0.2) is 9.97 Å². The summed E-state index contributed by atoms with van der Waals surface area (Å²) in [5.74, 6) is 1.27. The van der Waals surface area contributed by atoms with Gasteiger partial charge in [-0.3, -0.25) is 9.36 Å². The van der Waals surface area contributed by atoms with Gasteiger partial charge in [-0.1, -0.05) is 42.5 Å². The third-order valence-corrected chi connectivity index (χ3v) is 6.43. The van der Waals surface area contributed by atoms with Crippen molar-refractivity contribution in [2.75, 3.05) is 12.5 Å². The van der Waals surface area contributed by atoms with Crippen LogP contribution in [0, 0.1) is 0 Å². The predicted octanol–water partition coefficient (Wildman–Crippen LogP) is 4.64. The molecule has 3 heterocycles. The zero-order valence-electron chi connectivity index (χ0n) is 19.8. The largest absolute Gasteiger partial charge is 0.454 e. The maximum Gasteiger partial charge on any atom is 0.257 e. The molecule has 3 aromatic carbocycles. The fraction of sp³-hybridized carbons (Fsp3) is 0.179. The lowest BCUT2D eigenvalue weighted by molar-refractivity contribution is 0.0941. The highest BCUT2D eigenvalue weighted by molar-refractivity contribution is 6.11. The van der Waals surface area contributed by atoms with E-state index < -0.39 is 0 Å². The van der Waals surface area contributed by atoms with E-state index in [4.69, 9.17) is 25.2 Å². The number of rotatable bonds is 6. The number of aromatic nitrogens is 3. The topological polar surface area (TPSA) is 104 Å². The Bertz CT molecular complexity index is 1600. The highest BCUT2D eigenvalue weighted by atomic mass is 16.7. The summed E-state index contributed by atoms with van der Waals surface area (Å²) in [5, 5.41) is 3.11. The summed E-state index contributed by atoms with van der Waals surface area (Å²) in [6.45, 7) is 2.16. The molecule has 1 atom stereocenters. The van der Waals surface area contributed by atoms with Crippen LogP contribution in [0.5, 0.6) is 11.5 Å². The number of para-hydroxylation sites is 2. The zero-order valence-corrected chi connectivity index (χ0v) is 19.8. The Kier molecular flexibility index (Phi) is 5.41. The van der Waals surface area contributed by atoms with Gasteiger partial charge >= 0.3 is 0 Å². The van der Waals surface area contributed by atoms with Gasteiger partial charge in [0.1, 0.15) is 16.9 Å². The number of hydrogen-bond acceptors (Lipinski definition) is 6. The maximum absolute atomic E-state index is 13.6. The van der Waals surface area contributed by atoms with Gasteiger partial charge in [0, 0.05) is 12.1 Å². The van der Waals surface area contributed by atoms with Crippen LogP contribution in [0.3, 0.4) is 0 Å². The van der Waals surface area contributed by atoms with Crippen molar-refractivity contribution >= 4 is 33.9 Å². The number of nitrogens with two attached hydrogens (primary N) is 1. The number of carbonyl (C=O) groups is 1. The van der Waals surface area contributed by atoms with E-state index >= 15 is 0 Å². The molecule has 0 saturated heterocycles. The number of benzene rings is 3. The van der Waals surface area contributed by atoms with E-state index in [1.807, 2.05) is 67.6 Å². The minimum Gasteiger partial charge on any atom is -0.454 e. The highest BCUT2D eigenvalue weighted by Gasteiger charge is 2.26. The molecule has 0 radical (unpaired) electrons.